The fraction of sp³-hybridized carbons (Fsp3) is 0.111. The number of nitrogens with two attached hydrogens (primary N) is 1. The summed E-state index contributed by atoms with van der Waals surface area (Å²) >= 11 is 1.66. The van der Waals surface area contributed by atoms with Crippen LogP contribution >= 0.6 is 11.3 Å². The van der Waals surface area contributed by atoms with Crippen molar-refractivity contribution < 1.29 is 31.0 Å². The van der Waals surface area contributed by atoms with Crippen LogP contribution in [0.25, 0.3) is 10.6 Å². The van der Waals surface area contributed by atoms with Gasteiger partial charge in [0.1, 0.15) is 6.04 Å². The van der Waals surface area contributed by atoms with E-state index in [9.17, 15) is 4.79 Å². The van der Waals surface area contributed by atoms with Crippen molar-refractivity contribution in [2.45, 2.75) is 12.5 Å². The van der Waals surface area contributed by atoms with Crippen LogP contribution in [-0.4, -0.2) is 22.1 Å². The number of benzene rings is 1. The predicted octanol–water partition coefficient (Wildman–Crippen LogP) is 3.25. The van der Waals surface area contributed by atoms with Gasteiger partial charge in [-0.25, -0.2) is 11.3 Å². The summed E-state index contributed by atoms with van der Waals surface area (Å²) in [6.45, 7) is 0. The molecule has 0 aliphatic carbocycles. The van der Waals surface area contributed by atoms with E-state index in [2.05, 4.69) is 11.1 Å². The van der Waals surface area contributed by atoms with Crippen LogP contribution < -0.4 is 5.73 Å². The number of hydrogen-bond donors (Lipinski definition) is 2. The van der Waals surface area contributed by atoms with E-state index in [0.717, 1.165) is 16.1 Å². The number of nitrogens with zero attached hydrogens (tertiary/aromatic N) is 1. The third kappa shape index (κ3) is 6.75. The SMILES string of the molecule is N[C@@H](Cc1ccccc1)C(=O)O.[Pt].[c-]1ccsc1-c1ccccn1. The van der Waals surface area contributed by atoms with Gasteiger partial charge in [0.2, 0.25) is 0 Å². The van der Waals surface area contributed by atoms with Crippen LogP contribution in [0.1, 0.15) is 5.56 Å². The summed E-state index contributed by atoms with van der Waals surface area (Å²) in [5.74, 6) is -0.959. The first kappa shape index (κ1) is 20.2. The van der Waals surface area contributed by atoms with Gasteiger partial charge >= 0.3 is 5.97 Å². The van der Waals surface area contributed by atoms with Crippen molar-refractivity contribution in [2.75, 3.05) is 0 Å². The number of carboxylic acids is 1. The molecule has 3 rings (SSSR count). The molecule has 0 aliphatic heterocycles. The average Bonchev–Trinajstić information content (AvgIpc) is 3.12. The van der Waals surface area contributed by atoms with E-state index in [4.69, 9.17) is 10.8 Å². The molecule has 2 aromatic heterocycles. The van der Waals surface area contributed by atoms with Gasteiger partial charge in [0.15, 0.2) is 0 Å². The van der Waals surface area contributed by atoms with E-state index in [1.165, 1.54) is 0 Å². The van der Waals surface area contributed by atoms with Gasteiger partial charge in [-0.2, -0.15) is 12.1 Å². The molecule has 0 saturated carbocycles. The quantitative estimate of drug-likeness (QED) is 0.518. The van der Waals surface area contributed by atoms with Crippen molar-refractivity contribution in [3.8, 4) is 10.6 Å². The van der Waals surface area contributed by atoms with E-state index in [-0.39, 0.29) is 21.1 Å². The molecule has 0 spiro atoms. The van der Waals surface area contributed by atoms with Gasteiger partial charge in [-0.15, -0.1) is 5.38 Å². The number of rotatable bonds is 4. The Labute approximate surface area is 159 Å². The maximum atomic E-state index is 10.4. The number of hydrogen-bond acceptors (Lipinski definition) is 4. The number of pyridine rings is 1. The van der Waals surface area contributed by atoms with Crippen LogP contribution in [0.5, 0.6) is 0 Å². The monoisotopic (exact) mass is 520 g/mol. The molecule has 128 valence electrons. The van der Waals surface area contributed by atoms with Crippen LogP contribution in [0.2, 0.25) is 0 Å². The molecule has 0 fully saturated rings. The summed E-state index contributed by atoms with van der Waals surface area (Å²) < 4.78 is 0. The van der Waals surface area contributed by atoms with Crippen LogP contribution in [0.4, 0.5) is 0 Å². The molecule has 4 nitrogen and oxygen atoms in total. The van der Waals surface area contributed by atoms with Crippen LogP contribution in [0.15, 0.2) is 66.2 Å². The van der Waals surface area contributed by atoms with E-state index in [1.807, 2.05) is 60.0 Å². The van der Waals surface area contributed by atoms with Crippen LogP contribution in [0.3, 0.4) is 0 Å². The summed E-state index contributed by atoms with van der Waals surface area (Å²) in [7, 11) is 0. The molecule has 3 aromatic rings. The fourth-order valence-corrected chi connectivity index (χ4v) is 2.48. The second-order valence-electron chi connectivity index (χ2n) is 4.74. The van der Waals surface area contributed by atoms with E-state index >= 15 is 0 Å². The largest absolute Gasteiger partial charge is 0.480 e. The van der Waals surface area contributed by atoms with Crippen molar-refractivity contribution in [1.82, 2.24) is 4.98 Å². The second-order valence-corrected chi connectivity index (χ2v) is 5.66. The van der Waals surface area contributed by atoms with Gasteiger partial charge in [0.05, 0.1) is 0 Å². The zero-order valence-corrected chi connectivity index (χ0v) is 15.8. The molecule has 3 N–H and O–H groups in total. The Morgan fingerprint density at radius 1 is 1.21 bits per heavy atom. The van der Waals surface area contributed by atoms with Gasteiger partial charge in [0, 0.05) is 27.3 Å². The molecule has 24 heavy (non-hydrogen) atoms. The number of carbonyl (C=O) groups is 1. The van der Waals surface area contributed by atoms with Crippen molar-refractivity contribution in [2.24, 2.45) is 5.73 Å². The maximum absolute atomic E-state index is 10.4. The van der Waals surface area contributed by atoms with Gasteiger partial charge in [-0.05, 0) is 23.7 Å². The normalized spacial score (nSPS) is 10.7. The Balaban J connectivity index is 0.000000231. The molecular weight excluding hydrogens is 503 g/mol. The molecule has 0 unspecified atom stereocenters. The van der Waals surface area contributed by atoms with Gasteiger partial charge in [-0.1, -0.05) is 47.3 Å². The minimum atomic E-state index is -0.959. The van der Waals surface area contributed by atoms with Crippen molar-refractivity contribution in [1.29, 1.82) is 0 Å². The first-order chi connectivity index (χ1) is 11.2. The Morgan fingerprint density at radius 3 is 2.46 bits per heavy atom. The van der Waals surface area contributed by atoms with E-state index < -0.39 is 12.0 Å². The van der Waals surface area contributed by atoms with Gasteiger partial charge in [-0.3, -0.25) is 4.79 Å². The molecule has 2 heterocycles. The van der Waals surface area contributed by atoms with Gasteiger partial charge < -0.3 is 15.8 Å². The summed E-state index contributed by atoms with van der Waals surface area (Å²) in [5, 5.41) is 10.5. The number of aliphatic carboxylic acids is 1. The first-order valence-electron chi connectivity index (χ1n) is 7.05. The van der Waals surface area contributed by atoms with Gasteiger partial charge in [0.25, 0.3) is 0 Å². The molecule has 1 atom stereocenters. The second kappa shape index (κ2) is 10.9. The zero-order valence-electron chi connectivity index (χ0n) is 12.7. The smallest absolute Gasteiger partial charge is 0.320 e. The Morgan fingerprint density at radius 2 is 1.92 bits per heavy atom. The molecule has 0 saturated heterocycles. The maximum Gasteiger partial charge on any atom is 0.320 e. The van der Waals surface area contributed by atoms with Crippen molar-refractivity contribution in [3.05, 3.63) is 77.8 Å². The third-order valence-corrected chi connectivity index (χ3v) is 3.82. The third-order valence-electron chi connectivity index (χ3n) is 2.98. The first-order valence-corrected chi connectivity index (χ1v) is 7.93. The molecule has 0 radical (unpaired) electrons. The standard InChI is InChI=1S/C9H11NO2.C9H6NS.Pt/c10-8(9(11)12)6-7-4-2-1-3-5-7;1-2-6-10-8(4-1)9-5-3-7-11-9;/h1-5,8H,6,10H2,(H,11,12);1-4,6-7H;/q;-1;/t8-;;/m0../s1. The topological polar surface area (TPSA) is 76.2 Å². The molecule has 0 aliphatic rings. The van der Waals surface area contributed by atoms with E-state index in [0.29, 0.717) is 6.42 Å². The van der Waals surface area contributed by atoms with Crippen molar-refractivity contribution in [3.63, 3.8) is 0 Å². The van der Waals surface area contributed by atoms with E-state index in [1.54, 1.807) is 17.5 Å². The Kier molecular flexibility index (Phi) is 9.16. The molecule has 6 heteroatoms. The minimum absolute atomic E-state index is 0. The summed E-state index contributed by atoms with van der Waals surface area (Å²) in [6.07, 6.45) is 2.18. The average molecular weight is 520 g/mol. The summed E-state index contributed by atoms with van der Waals surface area (Å²) in [6, 6.07) is 19.4. The Bertz CT molecular complexity index is 706. The summed E-state index contributed by atoms with van der Waals surface area (Å²) in [5.41, 5.74) is 7.30. The van der Waals surface area contributed by atoms with Crippen LogP contribution in [-0.2, 0) is 32.3 Å². The predicted molar refractivity (Wildman–Crippen MR) is 92.1 cm³/mol. The summed E-state index contributed by atoms with van der Waals surface area (Å²) in [4.78, 5) is 15.7. The number of thiophene rings is 1. The molecule has 0 amide bonds. The number of aromatic nitrogens is 1. The molecular formula is C18H17N2O2PtS-. The fourth-order valence-electron chi connectivity index (χ4n) is 1.83. The zero-order chi connectivity index (χ0) is 16.5. The molecule has 1 aromatic carbocycles. The number of carboxylic acid groups (broad SMARTS) is 1. The van der Waals surface area contributed by atoms with Crippen molar-refractivity contribution >= 4 is 17.3 Å². The van der Waals surface area contributed by atoms with Crippen LogP contribution in [0, 0.1) is 6.07 Å². The Hall–Kier alpha value is -1.81. The molecule has 0 bridgehead atoms. The minimum Gasteiger partial charge on any atom is -0.480 e.